The van der Waals surface area contributed by atoms with Crippen LogP contribution in [-0.4, -0.2) is 33.1 Å². The van der Waals surface area contributed by atoms with Gasteiger partial charge in [-0.2, -0.15) is 0 Å². The van der Waals surface area contributed by atoms with E-state index < -0.39 is 22.6 Å². The zero-order valence-electron chi connectivity index (χ0n) is 15.9. The Morgan fingerprint density at radius 2 is 1.67 bits per heavy atom. The Kier molecular flexibility index (Phi) is 6.49. The maximum Gasteiger partial charge on any atom is 0.341 e. The van der Waals surface area contributed by atoms with Gasteiger partial charge in [0.2, 0.25) is 0 Å². The lowest BCUT2D eigenvalue weighted by molar-refractivity contribution is -0.139. The van der Waals surface area contributed by atoms with Gasteiger partial charge < -0.3 is 14.6 Å². The van der Waals surface area contributed by atoms with Gasteiger partial charge in [-0.1, -0.05) is 41.9 Å². The molecule has 0 saturated carbocycles. The zero-order chi connectivity index (χ0) is 21.7. The highest BCUT2D eigenvalue weighted by molar-refractivity contribution is 7.92. The molecule has 0 bridgehead atoms. The fraction of sp³-hybridized carbons (Fsp3) is 0.0952. The number of halogens is 1. The van der Waals surface area contributed by atoms with Crippen molar-refractivity contribution in [1.29, 1.82) is 0 Å². The predicted octanol–water partition coefficient (Wildman–Crippen LogP) is 4.42. The molecule has 3 rings (SSSR count). The quantitative estimate of drug-likeness (QED) is 0.549. The zero-order valence-corrected chi connectivity index (χ0v) is 17.4. The largest absolute Gasteiger partial charge is 0.480 e. The molecule has 0 aliphatic heterocycles. The van der Waals surface area contributed by atoms with Crippen LogP contribution in [0, 0.1) is 0 Å². The highest BCUT2D eigenvalue weighted by atomic mass is 35.5. The summed E-state index contributed by atoms with van der Waals surface area (Å²) >= 11 is 6.08. The highest BCUT2D eigenvalue weighted by Crippen LogP contribution is 2.35. The van der Waals surface area contributed by atoms with Gasteiger partial charge in [0, 0.05) is 7.05 Å². The lowest BCUT2D eigenvalue weighted by Crippen LogP contribution is -2.27. The lowest BCUT2D eigenvalue weighted by atomic mass is 10.3. The first-order valence-electron chi connectivity index (χ1n) is 8.74. The first-order valence-corrected chi connectivity index (χ1v) is 10.6. The summed E-state index contributed by atoms with van der Waals surface area (Å²) in [4.78, 5) is 10.6. The number of nitrogens with zero attached hydrogens (tertiary/aromatic N) is 1. The van der Waals surface area contributed by atoms with E-state index in [0.717, 1.165) is 4.31 Å². The average molecular weight is 448 g/mol. The van der Waals surface area contributed by atoms with Gasteiger partial charge in [-0.25, -0.2) is 13.2 Å². The number of benzene rings is 3. The Bertz CT molecular complexity index is 1150. The van der Waals surface area contributed by atoms with E-state index in [0.29, 0.717) is 17.2 Å². The molecule has 7 nitrogen and oxygen atoms in total. The standard InChI is InChI=1S/C21H18ClNO6S/c1-23(18-9-5-6-10-20(18)29-15-7-3-2-4-8-15)30(26,27)16-11-12-19(17(22)13-16)28-14-21(24)25/h2-13H,14H2,1H3,(H,24,25). The van der Waals surface area contributed by atoms with E-state index in [1.54, 1.807) is 36.4 Å². The molecule has 156 valence electrons. The Hall–Kier alpha value is -3.23. The molecular weight excluding hydrogens is 430 g/mol. The van der Waals surface area contributed by atoms with Crippen molar-refractivity contribution < 1.29 is 27.8 Å². The summed E-state index contributed by atoms with van der Waals surface area (Å²) in [6, 6.07) is 19.6. The van der Waals surface area contributed by atoms with E-state index in [-0.39, 0.29) is 15.7 Å². The van der Waals surface area contributed by atoms with E-state index in [9.17, 15) is 13.2 Å². The molecular formula is C21H18ClNO6S. The minimum atomic E-state index is -3.98. The molecule has 0 spiro atoms. The molecule has 0 aliphatic carbocycles. The van der Waals surface area contributed by atoms with Crippen LogP contribution in [0.25, 0.3) is 0 Å². The number of rotatable bonds is 8. The number of aliphatic carboxylic acids is 1. The van der Waals surface area contributed by atoms with E-state index >= 15 is 0 Å². The molecule has 0 radical (unpaired) electrons. The first-order chi connectivity index (χ1) is 14.3. The van der Waals surface area contributed by atoms with Gasteiger partial charge in [0.15, 0.2) is 12.4 Å². The third-order valence-electron chi connectivity index (χ3n) is 4.09. The molecule has 0 unspecified atom stereocenters. The van der Waals surface area contributed by atoms with Gasteiger partial charge in [-0.05, 0) is 42.5 Å². The summed E-state index contributed by atoms with van der Waals surface area (Å²) in [5, 5.41) is 8.68. The summed E-state index contributed by atoms with van der Waals surface area (Å²) in [7, 11) is -2.57. The fourth-order valence-corrected chi connectivity index (χ4v) is 4.14. The fourth-order valence-electron chi connectivity index (χ4n) is 2.61. The number of sulfonamides is 1. The van der Waals surface area contributed by atoms with Crippen molar-refractivity contribution in [3.05, 3.63) is 77.8 Å². The summed E-state index contributed by atoms with van der Waals surface area (Å²) in [5.74, 6) is -0.160. The smallest absolute Gasteiger partial charge is 0.341 e. The summed E-state index contributed by atoms with van der Waals surface area (Å²) in [5.41, 5.74) is 0.337. The van der Waals surface area contributed by atoms with Crippen molar-refractivity contribution in [3.63, 3.8) is 0 Å². The van der Waals surface area contributed by atoms with E-state index in [2.05, 4.69) is 0 Å². The predicted molar refractivity (Wildman–Crippen MR) is 113 cm³/mol. The SMILES string of the molecule is CN(c1ccccc1Oc1ccccc1)S(=O)(=O)c1ccc(OCC(=O)O)c(Cl)c1. The molecule has 3 aromatic rings. The second-order valence-corrected chi connectivity index (χ2v) is 8.51. The number of carboxylic acids is 1. The van der Waals surface area contributed by atoms with E-state index in [4.69, 9.17) is 26.2 Å². The van der Waals surface area contributed by atoms with Crippen molar-refractivity contribution in [3.8, 4) is 17.2 Å². The van der Waals surface area contributed by atoms with Crippen molar-refractivity contribution in [2.24, 2.45) is 0 Å². The molecule has 0 amide bonds. The Balaban J connectivity index is 1.90. The van der Waals surface area contributed by atoms with Crippen LogP contribution in [0.3, 0.4) is 0 Å². The van der Waals surface area contributed by atoms with Gasteiger partial charge in [0.05, 0.1) is 15.6 Å². The van der Waals surface area contributed by atoms with Crippen LogP contribution in [0.2, 0.25) is 5.02 Å². The van der Waals surface area contributed by atoms with Crippen LogP contribution in [0.15, 0.2) is 77.7 Å². The van der Waals surface area contributed by atoms with Crippen LogP contribution in [0.1, 0.15) is 0 Å². The number of para-hydroxylation sites is 3. The van der Waals surface area contributed by atoms with Crippen LogP contribution < -0.4 is 13.8 Å². The topological polar surface area (TPSA) is 93.1 Å². The van der Waals surface area contributed by atoms with Gasteiger partial charge in [0.1, 0.15) is 11.5 Å². The normalized spacial score (nSPS) is 11.0. The van der Waals surface area contributed by atoms with Crippen molar-refractivity contribution >= 4 is 33.3 Å². The molecule has 9 heteroatoms. The lowest BCUT2D eigenvalue weighted by Gasteiger charge is -2.22. The van der Waals surface area contributed by atoms with Crippen molar-refractivity contribution in [2.45, 2.75) is 4.90 Å². The average Bonchev–Trinajstić information content (AvgIpc) is 2.73. The molecule has 0 saturated heterocycles. The van der Waals surface area contributed by atoms with Crippen molar-refractivity contribution in [2.75, 3.05) is 18.0 Å². The highest BCUT2D eigenvalue weighted by Gasteiger charge is 2.25. The molecule has 1 N–H and O–H groups in total. The molecule has 0 heterocycles. The first kappa shape index (κ1) is 21.5. The van der Waals surface area contributed by atoms with E-state index in [1.165, 1.54) is 25.2 Å². The number of hydrogen-bond acceptors (Lipinski definition) is 5. The second kappa shape index (κ2) is 9.06. The number of ether oxygens (including phenoxy) is 2. The number of anilines is 1. The molecule has 0 atom stereocenters. The van der Waals surface area contributed by atoms with Crippen LogP contribution in [0.5, 0.6) is 17.2 Å². The maximum atomic E-state index is 13.1. The minimum absolute atomic E-state index is 0.0143. The summed E-state index contributed by atoms with van der Waals surface area (Å²) in [6.45, 7) is -0.587. The number of carboxylic acid groups (broad SMARTS) is 1. The van der Waals surface area contributed by atoms with Crippen LogP contribution in [-0.2, 0) is 14.8 Å². The monoisotopic (exact) mass is 447 g/mol. The molecule has 0 aliphatic rings. The van der Waals surface area contributed by atoms with Crippen molar-refractivity contribution in [1.82, 2.24) is 0 Å². The van der Waals surface area contributed by atoms with Gasteiger partial charge >= 0.3 is 5.97 Å². The van der Waals surface area contributed by atoms with Gasteiger partial charge in [-0.15, -0.1) is 0 Å². The molecule has 30 heavy (non-hydrogen) atoms. The molecule has 0 aromatic heterocycles. The summed E-state index contributed by atoms with van der Waals surface area (Å²) in [6.07, 6.45) is 0. The molecule has 0 fully saturated rings. The van der Waals surface area contributed by atoms with Crippen LogP contribution in [0.4, 0.5) is 5.69 Å². The van der Waals surface area contributed by atoms with E-state index in [1.807, 2.05) is 18.2 Å². The Morgan fingerprint density at radius 3 is 2.33 bits per heavy atom. The Morgan fingerprint density at radius 1 is 1.00 bits per heavy atom. The minimum Gasteiger partial charge on any atom is -0.480 e. The molecule has 3 aromatic carbocycles. The Labute approximate surface area is 179 Å². The third-order valence-corrected chi connectivity index (χ3v) is 6.15. The summed E-state index contributed by atoms with van der Waals surface area (Å²) < 4.78 is 38.3. The third kappa shape index (κ3) is 4.84. The number of hydrogen-bond donors (Lipinski definition) is 1. The van der Waals surface area contributed by atoms with Gasteiger partial charge in [-0.3, -0.25) is 4.31 Å². The maximum absolute atomic E-state index is 13.1. The van der Waals surface area contributed by atoms with Crippen LogP contribution >= 0.6 is 11.6 Å². The van der Waals surface area contributed by atoms with Gasteiger partial charge in [0.25, 0.3) is 10.0 Å². The number of carbonyl (C=O) groups is 1. The second-order valence-electron chi connectivity index (χ2n) is 6.13.